The number of aliphatic hydroxyl groups excluding tert-OH is 1. The summed E-state index contributed by atoms with van der Waals surface area (Å²) in [5.74, 6) is -0.582. The quantitative estimate of drug-likeness (QED) is 0.772. The van der Waals surface area contributed by atoms with Crippen LogP contribution in [0.1, 0.15) is 32.6 Å². The molecule has 2 rings (SSSR count). The lowest BCUT2D eigenvalue weighted by atomic mass is 10.0. The molecular formula is C13H22N2O4. The minimum Gasteiger partial charge on any atom is -0.481 e. The summed E-state index contributed by atoms with van der Waals surface area (Å²) in [5, 5.41) is 18.2. The van der Waals surface area contributed by atoms with E-state index in [1.807, 2.05) is 6.92 Å². The number of nitrogens with zero attached hydrogens (tertiary/aromatic N) is 2. The van der Waals surface area contributed by atoms with Crippen LogP contribution in [0.5, 0.6) is 0 Å². The van der Waals surface area contributed by atoms with Gasteiger partial charge in [-0.05, 0) is 25.2 Å². The zero-order valence-corrected chi connectivity index (χ0v) is 11.3. The Kier molecular flexibility index (Phi) is 4.29. The SMILES string of the molecule is CC1CCN(C(=O)N(CCC(=O)O)C2CC2)C1CO. The molecule has 2 aliphatic rings. The molecule has 1 heterocycles. The van der Waals surface area contributed by atoms with Crippen molar-refractivity contribution in [2.45, 2.75) is 44.7 Å². The summed E-state index contributed by atoms with van der Waals surface area (Å²) in [4.78, 5) is 26.6. The van der Waals surface area contributed by atoms with E-state index in [2.05, 4.69) is 0 Å². The zero-order chi connectivity index (χ0) is 14.0. The number of carbonyl (C=O) groups is 2. The minimum absolute atomic E-state index is 0.0184. The lowest BCUT2D eigenvalue weighted by Crippen LogP contribution is -2.49. The van der Waals surface area contributed by atoms with Crippen molar-refractivity contribution in [3.05, 3.63) is 0 Å². The number of hydrogen-bond acceptors (Lipinski definition) is 3. The Morgan fingerprint density at radius 2 is 2.00 bits per heavy atom. The molecule has 0 aromatic heterocycles. The predicted molar refractivity (Wildman–Crippen MR) is 68.7 cm³/mol. The second-order valence-corrected chi connectivity index (χ2v) is 5.56. The van der Waals surface area contributed by atoms with Gasteiger partial charge >= 0.3 is 12.0 Å². The fourth-order valence-electron chi connectivity index (χ4n) is 2.73. The van der Waals surface area contributed by atoms with Gasteiger partial charge in [0.2, 0.25) is 0 Å². The van der Waals surface area contributed by atoms with E-state index in [1.54, 1.807) is 9.80 Å². The molecule has 108 valence electrons. The van der Waals surface area contributed by atoms with Gasteiger partial charge in [0, 0.05) is 19.1 Å². The van der Waals surface area contributed by atoms with E-state index < -0.39 is 5.97 Å². The molecule has 6 nitrogen and oxygen atoms in total. The van der Waals surface area contributed by atoms with Crippen LogP contribution in [0.3, 0.4) is 0 Å². The van der Waals surface area contributed by atoms with Crippen LogP contribution >= 0.6 is 0 Å². The molecule has 2 amide bonds. The van der Waals surface area contributed by atoms with Gasteiger partial charge in [-0.25, -0.2) is 4.79 Å². The average Bonchev–Trinajstić information content (AvgIpc) is 3.12. The average molecular weight is 270 g/mol. The van der Waals surface area contributed by atoms with Crippen molar-refractivity contribution in [3.8, 4) is 0 Å². The van der Waals surface area contributed by atoms with Gasteiger partial charge in [-0.15, -0.1) is 0 Å². The first-order chi connectivity index (χ1) is 9.04. The molecule has 0 spiro atoms. The third-order valence-corrected chi connectivity index (χ3v) is 4.12. The summed E-state index contributed by atoms with van der Waals surface area (Å²) in [5.41, 5.74) is 0. The van der Waals surface area contributed by atoms with Crippen molar-refractivity contribution in [3.63, 3.8) is 0 Å². The van der Waals surface area contributed by atoms with Crippen molar-refractivity contribution in [1.82, 2.24) is 9.80 Å². The van der Waals surface area contributed by atoms with Gasteiger partial charge in [0.05, 0.1) is 19.1 Å². The zero-order valence-electron chi connectivity index (χ0n) is 11.3. The highest BCUT2D eigenvalue weighted by atomic mass is 16.4. The molecule has 2 fully saturated rings. The molecule has 2 atom stereocenters. The predicted octanol–water partition coefficient (Wildman–Crippen LogP) is 0.748. The van der Waals surface area contributed by atoms with E-state index in [0.717, 1.165) is 19.3 Å². The summed E-state index contributed by atoms with van der Waals surface area (Å²) in [6.07, 6.45) is 2.79. The summed E-state index contributed by atoms with van der Waals surface area (Å²) in [6, 6.07) is -0.0344. The molecule has 2 N–H and O–H groups in total. The lowest BCUT2D eigenvalue weighted by Gasteiger charge is -2.32. The Hall–Kier alpha value is -1.30. The van der Waals surface area contributed by atoms with Gasteiger partial charge < -0.3 is 20.0 Å². The number of aliphatic hydroxyl groups is 1. The number of amides is 2. The monoisotopic (exact) mass is 270 g/mol. The smallest absolute Gasteiger partial charge is 0.320 e. The van der Waals surface area contributed by atoms with Gasteiger partial charge in [0.1, 0.15) is 0 Å². The second-order valence-electron chi connectivity index (χ2n) is 5.56. The highest BCUT2D eigenvalue weighted by molar-refractivity contribution is 5.77. The topological polar surface area (TPSA) is 81.1 Å². The number of aliphatic carboxylic acids is 1. The third kappa shape index (κ3) is 3.18. The molecule has 19 heavy (non-hydrogen) atoms. The lowest BCUT2D eigenvalue weighted by molar-refractivity contribution is -0.137. The Labute approximate surface area is 113 Å². The Morgan fingerprint density at radius 3 is 2.53 bits per heavy atom. The molecular weight excluding hydrogens is 248 g/mol. The van der Waals surface area contributed by atoms with Crippen molar-refractivity contribution >= 4 is 12.0 Å². The van der Waals surface area contributed by atoms with Crippen molar-refractivity contribution < 1.29 is 19.8 Å². The van der Waals surface area contributed by atoms with E-state index in [9.17, 15) is 14.7 Å². The highest BCUT2D eigenvalue weighted by Gasteiger charge is 2.40. The fourth-order valence-corrected chi connectivity index (χ4v) is 2.73. The number of carboxylic acids is 1. The molecule has 2 unspecified atom stereocenters. The summed E-state index contributed by atoms with van der Waals surface area (Å²) >= 11 is 0. The Morgan fingerprint density at radius 1 is 1.32 bits per heavy atom. The standard InChI is InChI=1S/C13H22N2O4/c1-9-4-6-15(11(9)8-16)13(19)14(10-2-3-10)7-5-12(17)18/h9-11,16H,2-8H2,1H3,(H,17,18). The number of urea groups is 1. The van der Waals surface area contributed by atoms with Crippen molar-refractivity contribution in [2.24, 2.45) is 5.92 Å². The van der Waals surface area contributed by atoms with E-state index >= 15 is 0 Å². The minimum atomic E-state index is -0.882. The fraction of sp³-hybridized carbons (Fsp3) is 0.846. The Bertz CT molecular complexity index is 357. The molecule has 0 radical (unpaired) electrons. The van der Waals surface area contributed by atoms with Crippen LogP contribution < -0.4 is 0 Å². The summed E-state index contributed by atoms with van der Waals surface area (Å²) in [7, 11) is 0. The normalized spacial score (nSPS) is 26.5. The number of hydrogen-bond donors (Lipinski definition) is 2. The van der Waals surface area contributed by atoms with Gasteiger partial charge in [-0.3, -0.25) is 4.79 Å². The van der Waals surface area contributed by atoms with Crippen LogP contribution in [-0.2, 0) is 4.79 Å². The van der Waals surface area contributed by atoms with Crippen LogP contribution in [0.4, 0.5) is 4.79 Å². The Balaban J connectivity index is 2.00. The first kappa shape index (κ1) is 14.1. The van der Waals surface area contributed by atoms with Crippen molar-refractivity contribution in [2.75, 3.05) is 19.7 Å². The van der Waals surface area contributed by atoms with Gasteiger partial charge in [-0.2, -0.15) is 0 Å². The van der Waals surface area contributed by atoms with Crippen LogP contribution in [0, 0.1) is 5.92 Å². The maximum Gasteiger partial charge on any atom is 0.320 e. The van der Waals surface area contributed by atoms with Crippen LogP contribution in [0.15, 0.2) is 0 Å². The second kappa shape index (κ2) is 5.77. The molecule has 1 aliphatic heterocycles. The number of carboxylic acid groups (broad SMARTS) is 1. The molecule has 0 aromatic carbocycles. The number of likely N-dealkylation sites (tertiary alicyclic amines) is 1. The maximum atomic E-state index is 12.5. The van der Waals surface area contributed by atoms with E-state index in [1.165, 1.54) is 0 Å². The van der Waals surface area contributed by atoms with Gasteiger partial charge in [-0.1, -0.05) is 6.92 Å². The number of carbonyl (C=O) groups excluding carboxylic acids is 1. The maximum absolute atomic E-state index is 12.5. The van der Waals surface area contributed by atoms with E-state index in [4.69, 9.17) is 5.11 Å². The molecule has 1 saturated heterocycles. The van der Waals surface area contributed by atoms with Crippen LogP contribution in [-0.4, -0.2) is 63.8 Å². The molecule has 6 heteroatoms. The van der Waals surface area contributed by atoms with Crippen LogP contribution in [0.25, 0.3) is 0 Å². The largest absolute Gasteiger partial charge is 0.481 e. The molecule has 1 aliphatic carbocycles. The van der Waals surface area contributed by atoms with Crippen LogP contribution in [0.2, 0.25) is 0 Å². The third-order valence-electron chi connectivity index (χ3n) is 4.12. The van der Waals surface area contributed by atoms with Gasteiger partial charge in [0.25, 0.3) is 0 Å². The van der Waals surface area contributed by atoms with E-state index in [-0.39, 0.29) is 37.7 Å². The van der Waals surface area contributed by atoms with E-state index in [0.29, 0.717) is 12.5 Å². The molecule has 0 aromatic rings. The highest BCUT2D eigenvalue weighted by Crippen LogP contribution is 2.31. The first-order valence-electron chi connectivity index (χ1n) is 6.94. The van der Waals surface area contributed by atoms with Gasteiger partial charge in [0.15, 0.2) is 0 Å². The molecule has 1 saturated carbocycles. The van der Waals surface area contributed by atoms with Crippen molar-refractivity contribution in [1.29, 1.82) is 0 Å². The number of rotatable bonds is 5. The first-order valence-corrected chi connectivity index (χ1v) is 6.94. The molecule has 0 bridgehead atoms. The summed E-state index contributed by atoms with van der Waals surface area (Å²) in [6.45, 7) is 2.93. The summed E-state index contributed by atoms with van der Waals surface area (Å²) < 4.78 is 0.